The van der Waals surface area contributed by atoms with Gasteiger partial charge in [-0.15, -0.1) is 0 Å². The largest absolute Gasteiger partial charge is 0.377 e. The van der Waals surface area contributed by atoms with Crippen LogP contribution in [0, 0.1) is 11.6 Å². The van der Waals surface area contributed by atoms with E-state index in [1.54, 1.807) is 19.3 Å². The van der Waals surface area contributed by atoms with Gasteiger partial charge in [-0.3, -0.25) is 4.98 Å². The van der Waals surface area contributed by atoms with Gasteiger partial charge in [0.1, 0.15) is 11.6 Å². The van der Waals surface area contributed by atoms with Gasteiger partial charge in [0.15, 0.2) is 0 Å². The molecule has 0 spiro atoms. The molecule has 18 heavy (non-hydrogen) atoms. The Morgan fingerprint density at radius 2 is 2.00 bits per heavy atom. The predicted molar refractivity (Wildman–Crippen MR) is 70.3 cm³/mol. The molecule has 0 saturated heterocycles. The monoisotopic (exact) mass is 312 g/mol. The van der Waals surface area contributed by atoms with Crippen LogP contribution in [0.3, 0.4) is 0 Å². The molecule has 1 N–H and O–H groups in total. The van der Waals surface area contributed by atoms with E-state index in [-0.39, 0.29) is 6.04 Å². The molecule has 2 rings (SSSR count). The number of pyridine rings is 1. The van der Waals surface area contributed by atoms with Crippen LogP contribution in [0.4, 0.5) is 14.5 Å². The first-order valence-electron chi connectivity index (χ1n) is 5.38. The van der Waals surface area contributed by atoms with Crippen molar-refractivity contribution in [2.75, 3.05) is 5.32 Å². The molecule has 5 heteroatoms. The quantitative estimate of drug-likeness (QED) is 0.914. The molecule has 1 heterocycles. The maximum absolute atomic E-state index is 13.6. The van der Waals surface area contributed by atoms with Crippen LogP contribution in [0.25, 0.3) is 0 Å². The Hall–Kier alpha value is -1.49. The van der Waals surface area contributed by atoms with Crippen LogP contribution < -0.4 is 5.32 Å². The fourth-order valence-corrected chi connectivity index (χ4v) is 2.04. The third kappa shape index (κ3) is 3.04. The highest BCUT2D eigenvalue weighted by Gasteiger charge is 2.11. The van der Waals surface area contributed by atoms with Crippen LogP contribution in [-0.4, -0.2) is 4.98 Å². The lowest BCUT2D eigenvalue weighted by Crippen LogP contribution is -2.09. The average molecular weight is 313 g/mol. The van der Waals surface area contributed by atoms with E-state index in [0.29, 0.717) is 5.56 Å². The highest BCUT2D eigenvalue weighted by molar-refractivity contribution is 9.10. The van der Waals surface area contributed by atoms with Gasteiger partial charge >= 0.3 is 0 Å². The fourth-order valence-electron chi connectivity index (χ4n) is 1.67. The minimum absolute atomic E-state index is 0.276. The minimum Gasteiger partial charge on any atom is -0.377 e. The minimum atomic E-state index is -0.576. The lowest BCUT2D eigenvalue weighted by atomic mass is 10.1. The molecule has 0 bridgehead atoms. The van der Waals surface area contributed by atoms with Gasteiger partial charge in [0, 0.05) is 22.3 Å². The molecule has 2 aromatic rings. The number of rotatable bonds is 3. The first-order chi connectivity index (χ1) is 8.56. The number of nitrogens with zero attached hydrogens (tertiary/aromatic N) is 1. The predicted octanol–water partition coefficient (Wildman–Crippen LogP) is 4.30. The first kappa shape index (κ1) is 13.0. The molecule has 1 aromatic carbocycles. The summed E-state index contributed by atoms with van der Waals surface area (Å²) in [5.41, 5.74) is 1.18. The molecule has 1 unspecified atom stereocenters. The van der Waals surface area contributed by atoms with Crippen LogP contribution in [0.1, 0.15) is 18.5 Å². The summed E-state index contributed by atoms with van der Waals surface area (Å²) in [5.74, 6) is -1.13. The summed E-state index contributed by atoms with van der Waals surface area (Å²) in [6.07, 6.45) is 3.30. The number of benzene rings is 1. The van der Waals surface area contributed by atoms with Gasteiger partial charge in [0.2, 0.25) is 0 Å². The van der Waals surface area contributed by atoms with Crippen LogP contribution >= 0.6 is 15.9 Å². The van der Waals surface area contributed by atoms with Gasteiger partial charge < -0.3 is 5.32 Å². The highest BCUT2D eigenvalue weighted by atomic mass is 79.9. The summed E-state index contributed by atoms with van der Waals surface area (Å²) >= 11 is 3.31. The van der Waals surface area contributed by atoms with Crippen molar-refractivity contribution in [2.45, 2.75) is 13.0 Å². The number of halogens is 3. The van der Waals surface area contributed by atoms with Crippen molar-refractivity contribution < 1.29 is 8.78 Å². The van der Waals surface area contributed by atoms with Crippen molar-refractivity contribution in [1.29, 1.82) is 0 Å². The van der Waals surface area contributed by atoms with Gasteiger partial charge in [0.05, 0.1) is 17.9 Å². The SMILES string of the molecule is CC(Nc1cncc(Br)c1)c1ccc(F)cc1F. The van der Waals surface area contributed by atoms with Crippen molar-refractivity contribution in [3.63, 3.8) is 0 Å². The molecule has 0 amide bonds. The normalized spacial score (nSPS) is 12.2. The van der Waals surface area contributed by atoms with Crippen molar-refractivity contribution in [3.05, 3.63) is 58.3 Å². The topological polar surface area (TPSA) is 24.9 Å². The summed E-state index contributed by atoms with van der Waals surface area (Å²) in [6, 6.07) is 5.13. The fraction of sp³-hybridized carbons (Fsp3) is 0.154. The molecule has 0 fully saturated rings. The Morgan fingerprint density at radius 1 is 1.22 bits per heavy atom. The molecule has 0 aliphatic heterocycles. The van der Waals surface area contributed by atoms with Gasteiger partial charge in [-0.25, -0.2) is 8.78 Å². The molecule has 0 aliphatic carbocycles. The Kier molecular flexibility index (Phi) is 3.91. The zero-order chi connectivity index (χ0) is 13.1. The smallest absolute Gasteiger partial charge is 0.131 e. The molecule has 1 atom stereocenters. The molecule has 0 aliphatic rings. The first-order valence-corrected chi connectivity index (χ1v) is 6.17. The molecular formula is C13H11BrF2N2. The summed E-state index contributed by atoms with van der Waals surface area (Å²) < 4.78 is 27.2. The second-order valence-corrected chi connectivity index (χ2v) is 4.84. The zero-order valence-corrected chi connectivity index (χ0v) is 11.2. The third-order valence-corrected chi connectivity index (χ3v) is 2.95. The van der Waals surface area contributed by atoms with Crippen molar-refractivity contribution >= 4 is 21.6 Å². The average Bonchev–Trinajstić information content (AvgIpc) is 2.28. The van der Waals surface area contributed by atoms with Gasteiger partial charge in [-0.2, -0.15) is 0 Å². The van der Waals surface area contributed by atoms with E-state index in [1.165, 1.54) is 12.1 Å². The number of aromatic nitrogens is 1. The van der Waals surface area contributed by atoms with E-state index in [1.807, 2.05) is 6.07 Å². The number of anilines is 1. The van der Waals surface area contributed by atoms with Gasteiger partial charge in [-0.05, 0) is 35.0 Å². The molecular weight excluding hydrogens is 302 g/mol. The summed E-state index contributed by atoms with van der Waals surface area (Å²) in [6.45, 7) is 1.80. The van der Waals surface area contributed by atoms with Gasteiger partial charge in [-0.1, -0.05) is 6.07 Å². The standard InChI is InChI=1S/C13H11BrF2N2/c1-8(12-3-2-10(15)5-13(12)16)18-11-4-9(14)6-17-7-11/h2-8,18H,1H3. The highest BCUT2D eigenvalue weighted by Crippen LogP contribution is 2.23. The lowest BCUT2D eigenvalue weighted by molar-refractivity contribution is 0.566. The van der Waals surface area contributed by atoms with Crippen molar-refractivity contribution in [3.8, 4) is 0 Å². The molecule has 0 saturated carbocycles. The summed E-state index contributed by atoms with van der Waals surface area (Å²) in [7, 11) is 0. The van der Waals surface area contributed by atoms with E-state index in [9.17, 15) is 8.78 Å². The molecule has 0 radical (unpaired) electrons. The van der Waals surface area contributed by atoms with E-state index in [2.05, 4.69) is 26.2 Å². The summed E-state index contributed by atoms with van der Waals surface area (Å²) in [5, 5.41) is 3.10. The second-order valence-electron chi connectivity index (χ2n) is 3.92. The Bertz CT molecular complexity index is 560. The van der Waals surface area contributed by atoms with Crippen LogP contribution in [0.5, 0.6) is 0 Å². The van der Waals surface area contributed by atoms with Crippen LogP contribution in [0.15, 0.2) is 41.1 Å². The number of nitrogens with one attached hydrogen (secondary N) is 1. The molecule has 2 nitrogen and oxygen atoms in total. The molecule has 1 aromatic heterocycles. The zero-order valence-electron chi connectivity index (χ0n) is 9.62. The van der Waals surface area contributed by atoms with Crippen LogP contribution in [-0.2, 0) is 0 Å². The van der Waals surface area contributed by atoms with E-state index < -0.39 is 11.6 Å². The Labute approximate surface area is 112 Å². The molecule has 94 valence electrons. The van der Waals surface area contributed by atoms with Crippen LogP contribution in [0.2, 0.25) is 0 Å². The maximum atomic E-state index is 13.6. The third-order valence-electron chi connectivity index (χ3n) is 2.52. The van der Waals surface area contributed by atoms with E-state index in [0.717, 1.165) is 16.2 Å². The number of hydrogen-bond acceptors (Lipinski definition) is 2. The van der Waals surface area contributed by atoms with Crippen molar-refractivity contribution in [1.82, 2.24) is 4.98 Å². The number of hydrogen-bond donors (Lipinski definition) is 1. The van der Waals surface area contributed by atoms with Crippen molar-refractivity contribution in [2.24, 2.45) is 0 Å². The Balaban J connectivity index is 2.19. The lowest BCUT2D eigenvalue weighted by Gasteiger charge is -2.16. The van der Waals surface area contributed by atoms with Gasteiger partial charge in [0.25, 0.3) is 0 Å². The van der Waals surface area contributed by atoms with E-state index in [4.69, 9.17) is 0 Å². The Morgan fingerprint density at radius 3 is 2.67 bits per heavy atom. The summed E-state index contributed by atoms with van der Waals surface area (Å²) in [4.78, 5) is 4.00. The van der Waals surface area contributed by atoms with E-state index >= 15 is 0 Å². The second kappa shape index (κ2) is 5.44. The maximum Gasteiger partial charge on any atom is 0.131 e.